The van der Waals surface area contributed by atoms with Gasteiger partial charge in [0, 0.05) is 29.8 Å². The van der Waals surface area contributed by atoms with Crippen LogP contribution in [0.1, 0.15) is 11.3 Å². The molecule has 18 heavy (non-hydrogen) atoms. The first-order chi connectivity index (χ1) is 8.65. The maximum Gasteiger partial charge on any atom is 0.123 e. The van der Waals surface area contributed by atoms with Crippen molar-refractivity contribution in [1.82, 2.24) is 4.98 Å². The van der Waals surface area contributed by atoms with E-state index in [0.29, 0.717) is 23.4 Å². The normalized spacial score (nSPS) is 12.4. The van der Waals surface area contributed by atoms with Crippen LogP contribution in [-0.4, -0.2) is 16.2 Å². The van der Waals surface area contributed by atoms with Crippen molar-refractivity contribution in [1.29, 1.82) is 0 Å². The van der Waals surface area contributed by atoms with Crippen LogP contribution in [0.4, 0.5) is 4.39 Å². The molecule has 0 aliphatic heterocycles. The molecule has 4 heteroatoms. The predicted octanol–water partition coefficient (Wildman–Crippen LogP) is 3.02. The molecule has 1 heterocycles. The molecule has 1 atom stereocenters. The second-order valence-electron chi connectivity index (χ2n) is 4.12. The lowest BCUT2D eigenvalue weighted by Gasteiger charge is -2.11. The van der Waals surface area contributed by atoms with Crippen molar-refractivity contribution in [3.63, 3.8) is 0 Å². The van der Waals surface area contributed by atoms with E-state index < -0.39 is 6.10 Å². The van der Waals surface area contributed by atoms with Crippen LogP contribution in [0.15, 0.2) is 42.6 Å². The molecular weight excluding hydrogens is 253 g/mol. The smallest absolute Gasteiger partial charge is 0.123 e. The summed E-state index contributed by atoms with van der Waals surface area (Å²) in [6.45, 7) is 0. The molecule has 1 unspecified atom stereocenters. The minimum absolute atomic E-state index is 0.313. The number of aliphatic hydroxyl groups is 1. The molecule has 0 bridgehead atoms. The highest BCUT2D eigenvalue weighted by molar-refractivity contribution is 6.31. The van der Waals surface area contributed by atoms with E-state index >= 15 is 0 Å². The van der Waals surface area contributed by atoms with Gasteiger partial charge in [-0.05, 0) is 35.9 Å². The highest BCUT2D eigenvalue weighted by Crippen LogP contribution is 2.19. The predicted molar refractivity (Wildman–Crippen MR) is 69.1 cm³/mol. The zero-order chi connectivity index (χ0) is 13.0. The van der Waals surface area contributed by atoms with Crippen molar-refractivity contribution in [2.24, 2.45) is 0 Å². The van der Waals surface area contributed by atoms with Gasteiger partial charge in [0.2, 0.25) is 0 Å². The van der Waals surface area contributed by atoms with Gasteiger partial charge >= 0.3 is 0 Å². The first kappa shape index (κ1) is 13.0. The number of hydrogen-bond acceptors (Lipinski definition) is 2. The van der Waals surface area contributed by atoms with Gasteiger partial charge in [0.1, 0.15) is 5.82 Å². The summed E-state index contributed by atoms with van der Waals surface area (Å²) in [5, 5.41) is 10.4. The molecule has 1 aromatic heterocycles. The largest absolute Gasteiger partial charge is 0.392 e. The Bertz CT molecular complexity index is 518. The Hall–Kier alpha value is -1.45. The Morgan fingerprint density at radius 1 is 1.22 bits per heavy atom. The van der Waals surface area contributed by atoms with Crippen molar-refractivity contribution in [2.45, 2.75) is 18.9 Å². The maximum atomic E-state index is 13.1. The van der Waals surface area contributed by atoms with Crippen LogP contribution in [0.2, 0.25) is 5.02 Å². The number of aromatic nitrogens is 1. The van der Waals surface area contributed by atoms with Gasteiger partial charge in [-0.2, -0.15) is 0 Å². The van der Waals surface area contributed by atoms with Crippen molar-refractivity contribution in [2.75, 3.05) is 0 Å². The Morgan fingerprint density at radius 3 is 2.78 bits per heavy atom. The van der Waals surface area contributed by atoms with E-state index in [1.807, 2.05) is 18.2 Å². The third-order valence-electron chi connectivity index (χ3n) is 2.63. The standard InChI is InChI=1S/C14H13ClFNO/c15-14-5-4-11(16)7-10(14)8-13(18)9-12-3-1-2-6-17-12/h1-7,13,18H,8-9H2. The number of rotatable bonds is 4. The number of nitrogens with zero attached hydrogens (tertiary/aromatic N) is 1. The van der Waals surface area contributed by atoms with Crippen molar-refractivity contribution in [3.8, 4) is 0 Å². The number of benzene rings is 1. The lowest BCUT2D eigenvalue weighted by atomic mass is 10.0. The summed E-state index contributed by atoms with van der Waals surface area (Å²) in [6, 6.07) is 9.68. The van der Waals surface area contributed by atoms with E-state index in [1.54, 1.807) is 6.20 Å². The first-order valence-corrected chi connectivity index (χ1v) is 6.05. The first-order valence-electron chi connectivity index (χ1n) is 5.67. The van der Waals surface area contributed by atoms with E-state index in [9.17, 15) is 9.50 Å². The molecule has 0 amide bonds. The lowest BCUT2D eigenvalue weighted by molar-refractivity contribution is 0.174. The van der Waals surface area contributed by atoms with Crippen LogP contribution in [0.5, 0.6) is 0 Å². The number of hydrogen-bond donors (Lipinski definition) is 1. The highest BCUT2D eigenvalue weighted by Gasteiger charge is 2.10. The molecule has 1 N–H and O–H groups in total. The third kappa shape index (κ3) is 3.52. The van der Waals surface area contributed by atoms with Gasteiger partial charge in [-0.15, -0.1) is 0 Å². The summed E-state index contributed by atoms with van der Waals surface area (Å²) < 4.78 is 13.1. The average Bonchev–Trinajstić information content (AvgIpc) is 2.35. The van der Waals surface area contributed by atoms with Crippen LogP contribution < -0.4 is 0 Å². The molecule has 0 saturated carbocycles. The van der Waals surface area contributed by atoms with Crippen molar-refractivity contribution < 1.29 is 9.50 Å². The minimum atomic E-state index is -0.626. The Morgan fingerprint density at radius 2 is 2.06 bits per heavy atom. The van der Waals surface area contributed by atoms with Gasteiger partial charge < -0.3 is 5.11 Å². The Labute approximate surface area is 110 Å². The molecule has 0 aliphatic rings. The summed E-state index contributed by atoms with van der Waals surface area (Å²) in [7, 11) is 0. The van der Waals surface area contributed by atoms with Crippen molar-refractivity contribution in [3.05, 3.63) is 64.7 Å². The molecule has 0 aliphatic carbocycles. The van der Waals surface area contributed by atoms with Gasteiger partial charge in [-0.3, -0.25) is 4.98 Å². The summed E-state index contributed by atoms with van der Waals surface area (Å²) in [5.74, 6) is -0.348. The van der Waals surface area contributed by atoms with Crippen LogP contribution in [0.3, 0.4) is 0 Å². The SMILES string of the molecule is OC(Cc1ccccn1)Cc1cc(F)ccc1Cl. The van der Waals surface area contributed by atoms with Gasteiger partial charge in [-0.25, -0.2) is 4.39 Å². The molecular formula is C14H13ClFNO. The minimum Gasteiger partial charge on any atom is -0.392 e. The number of pyridine rings is 1. The second-order valence-corrected chi connectivity index (χ2v) is 4.53. The molecule has 0 saturated heterocycles. The monoisotopic (exact) mass is 265 g/mol. The topological polar surface area (TPSA) is 33.1 Å². The van der Waals surface area contributed by atoms with Gasteiger partial charge in [0.25, 0.3) is 0 Å². The zero-order valence-electron chi connectivity index (χ0n) is 9.68. The van der Waals surface area contributed by atoms with E-state index in [0.717, 1.165) is 5.69 Å². The van der Waals surface area contributed by atoms with Crippen molar-refractivity contribution >= 4 is 11.6 Å². The van der Waals surface area contributed by atoms with Crippen LogP contribution in [0, 0.1) is 5.82 Å². The quantitative estimate of drug-likeness (QED) is 0.922. The molecule has 2 aromatic rings. The molecule has 2 nitrogen and oxygen atoms in total. The average molecular weight is 266 g/mol. The summed E-state index contributed by atoms with van der Waals surface area (Å²) >= 11 is 5.95. The van der Waals surface area contributed by atoms with Crippen LogP contribution in [-0.2, 0) is 12.8 Å². The van der Waals surface area contributed by atoms with E-state index in [1.165, 1.54) is 18.2 Å². The van der Waals surface area contributed by atoms with E-state index in [4.69, 9.17) is 11.6 Å². The molecule has 0 fully saturated rings. The Balaban J connectivity index is 2.03. The number of aliphatic hydroxyl groups excluding tert-OH is 1. The molecule has 1 aromatic carbocycles. The molecule has 94 valence electrons. The highest BCUT2D eigenvalue weighted by atomic mass is 35.5. The van der Waals surface area contributed by atoms with Gasteiger partial charge in [0.15, 0.2) is 0 Å². The summed E-state index contributed by atoms with van der Waals surface area (Å²) in [6.07, 6.45) is 1.79. The zero-order valence-corrected chi connectivity index (χ0v) is 10.4. The number of halogens is 2. The summed E-state index contributed by atoms with van der Waals surface area (Å²) in [5.41, 5.74) is 1.41. The third-order valence-corrected chi connectivity index (χ3v) is 3.00. The molecule has 2 rings (SSSR count). The fourth-order valence-electron chi connectivity index (χ4n) is 1.79. The van der Waals surface area contributed by atoms with E-state index in [2.05, 4.69) is 4.98 Å². The lowest BCUT2D eigenvalue weighted by Crippen LogP contribution is -2.15. The fraction of sp³-hybridized carbons (Fsp3) is 0.214. The van der Waals surface area contributed by atoms with Gasteiger partial charge in [-0.1, -0.05) is 17.7 Å². The van der Waals surface area contributed by atoms with Crippen LogP contribution in [0.25, 0.3) is 0 Å². The fourth-order valence-corrected chi connectivity index (χ4v) is 1.98. The molecule has 0 spiro atoms. The van der Waals surface area contributed by atoms with Gasteiger partial charge in [0.05, 0.1) is 6.10 Å². The maximum absolute atomic E-state index is 13.1. The summed E-state index contributed by atoms with van der Waals surface area (Å²) in [4.78, 5) is 4.13. The second kappa shape index (κ2) is 5.94. The Kier molecular flexibility index (Phi) is 4.28. The van der Waals surface area contributed by atoms with Crippen LogP contribution >= 0.6 is 11.6 Å². The van der Waals surface area contributed by atoms with E-state index in [-0.39, 0.29) is 5.82 Å². The molecule has 0 radical (unpaired) electrons.